The number of anilines is 1. The molecule has 1 aromatic heterocycles. The van der Waals surface area contributed by atoms with Gasteiger partial charge in [-0.25, -0.2) is 14.8 Å². The molecule has 2 bridgehead atoms. The van der Waals surface area contributed by atoms with Crippen LogP contribution in [0.15, 0.2) is 16.9 Å². The van der Waals surface area contributed by atoms with Gasteiger partial charge in [0.1, 0.15) is 5.60 Å². The van der Waals surface area contributed by atoms with E-state index in [0.717, 1.165) is 23.3 Å². The van der Waals surface area contributed by atoms with Gasteiger partial charge in [-0.15, -0.1) is 0 Å². The normalized spacial score (nSPS) is 24.5. The zero-order valence-electron chi connectivity index (χ0n) is 13.1. The molecule has 6 nitrogen and oxygen atoms in total. The van der Waals surface area contributed by atoms with Crippen molar-refractivity contribution in [2.24, 2.45) is 0 Å². The maximum atomic E-state index is 12.3. The lowest BCUT2D eigenvalue weighted by molar-refractivity contribution is 0.0209. The van der Waals surface area contributed by atoms with E-state index in [9.17, 15) is 4.79 Å². The molecule has 2 saturated heterocycles. The molecule has 3 heterocycles. The molecule has 2 unspecified atom stereocenters. The van der Waals surface area contributed by atoms with Crippen LogP contribution in [0.2, 0.25) is 0 Å². The van der Waals surface area contributed by atoms with Crippen molar-refractivity contribution in [3.8, 4) is 0 Å². The van der Waals surface area contributed by atoms with Crippen molar-refractivity contribution in [2.75, 3.05) is 18.0 Å². The van der Waals surface area contributed by atoms with Gasteiger partial charge in [0.2, 0.25) is 5.95 Å². The zero-order valence-corrected chi connectivity index (χ0v) is 14.7. The summed E-state index contributed by atoms with van der Waals surface area (Å²) in [4.78, 5) is 25.2. The van der Waals surface area contributed by atoms with Gasteiger partial charge >= 0.3 is 6.09 Å². The van der Waals surface area contributed by atoms with Crippen LogP contribution in [0.3, 0.4) is 0 Å². The highest BCUT2D eigenvalue weighted by molar-refractivity contribution is 9.10. The van der Waals surface area contributed by atoms with Crippen LogP contribution < -0.4 is 4.90 Å². The summed E-state index contributed by atoms with van der Waals surface area (Å²) in [5, 5.41) is 0. The summed E-state index contributed by atoms with van der Waals surface area (Å²) >= 11 is 3.36. The van der Waals surface area contributed by atoms with Crippen molar-refractivity contribution < 1.29 is 9.53 Å². The van der Waals surface area contributed by atoms with Crippen LogP contribution >= 0.6 is 15.9 Å². The monoisotopic (exact) mass is 368 g/mol. The Hall–Kier alpha value is -1.37. The van der Waals surface area contributed by atoms with Gasteiger partial charge < -0.3 is 14.5 Å². The van der Waals surface area contributed by atoms with E-state index in [-0.39, 0.29) is 18.2 Å². The number of ether oxygens (including phenoxy) is 1. The number of hydrogen-bond donors (Lipinski definition) is 0. The van der Waals surface area contributed by atoms with Crippen LogP contribution in [0.25, 0.3) is 0 Å². The smallest absolute Gasteiger partial charge is 0.410 e. The Bertz CT molecular complexity index is 544. The molecule has 1 aromatic rings. The predicted molar refractivity (Wildman–Crippen MR) is 86.8 cm³/mol. The Labute approximate surface area is 139 Å². The Balaban J connectivity index is 1.71. The number of aromatic nitrogens is 2. The van der Waals surface area contributed by atoms with Crippen LogP contribution in [-0.4, -0.2) is 51.7 Å². The van der Waals surface area contributed by atoms with Crippen LogP contribution in [0.1, 0.15) is 33.6 Å². The van der Waals surface area contributed by atoms with Gasteiger partial charge in [0.25, 0.3) is 0 Å². The molecule has 1 amide bonds. The van der Waals surface area contributed by atoms with Crippen molar-refractivity contribution in [2.45, 2.75) is 51.3 Å². The number of carbonyl (C=O) groups is 1. The van der Waals surface area contributed by atoms with Gasteiger partial charge in [-0.05, 0) is 49.5 Å². The number of likely N-dealkylation sites (tertiary alicyclic amines) is 1. The van der Waals surface area contributed by atoms with Crippen LogP contribution in [0.5, 0.6) is 0 Å². The summed E-state index contributed by atoms with van der Waals surface area (Å²) in [5.41, 5.74) is -0.456. The minimum atomic E-state index is -0.456. The molecule has 2 atom stereocenters. The van der Waals surface area contributed by atoms with E-state index in [1.807, 2.05) is 25.7 Å². The first-order chi connectivity index (χ1) is 10.3. The number of amides is 1. The van der Waals surface area contributed by atoms with Crippen LogP contribution in [0, 0.1) is 0 Å². The second-order valence-electron chi connectivity index (χ2n) is 6.88. The Kier molecular flexibility index (Phi) is 4.01. The molecule has 2 fully saturated rings. The first kappa shape index (κ1) is 15.5. The molecule has 2 aliphatic rings. The summed E-state index contributed by atoms with van der Waals surface area (Å²) in [6.45, 7) is 7.03. The first-order valence-corrected chi connectivity index (χ1v) is 8.36. The minimum Gasteiger partial charge on any atom is -0.444 e. The van der Waals surface area contributed by atoms with E-state index in [0.29, 0.717) is 13.1 Å². The van der Waals surface area contributed by atoms with Crippen LogP contribution in [-0.2, 0) is 4.74 Å². The average molecular weight is 369 g/mol. The van der Waals surface area contributed by atoms with Crippen molar-refractivity contribution in [3.63, 3.8) is 0 Å². The summed E-state index contributed by atoms with van der Waals surface area (Å²) in [5.74, 6) is 0.750. The first-order valence-electron chi connectivity index (χ1n) is 7.57. The molecule has 0 saturated carbocycles. The largest absolute Gasteiger partial charge is 0.444 e. The minimum absolute atomic E-state index is 0.222. The summed E-state index contributed by atoms with van der Waals surface area (Å²) in [7, 11) is 0. The molecular weight excluding hydrogens is 348 g/mol. The molecule has 0 aliphatic carbocycles. The highest BCUT2D eigenvalue weighted by Crippen LogP contribution is 2.33. The lowest BCUT2D eigenvalue weighted by atomic mass is 10.2. The second-order valence-corrected chi connectivity index (χ2v) is 7.79. The lowest BCUT2D eigenvalue weighted by Crippen LogP contribution is -2.56. The van der Waals surface area contributed by atoms with E-state index >= 15 is 0 Å². The Morgan fingerprint density at radius 3 is 2.27 bits per heavy atom. The highest BCUT2D eigenvalue weighted by Gasteiger charge is 2.43. The highest BCUT2D eigenvalue weighted by atomic mass is 79.9. The van der Waals surface area contributed by atoms with Gasteiger partial charge in [0, 0.05) is 25.5 Å². The summed E-state index contributed by atoms with van der Waals surface area (Å²) < 4.78 is 6.36. The number of halogens is 1. The molecule has 120 valence electrons. The fraction of sp³-hybridized carbons (Fsp3) is 0.667. The zero-order chi connectivity index (χ0) is 15.9. The molecule has 0 aromatic carbocycles. The molecular formula is C15H21BrN4O2. The maximum absolute atomic E-state index is 12.3. The molecule has 0 radical (unpaired) electrons. The Morgan fingerprint density at radius 1 is 1.23 bits per heavy atom. The van der Waals surface area contributed by atoms with Gasteiger partial charge in [0.15, 0.2) is 0 Å². The summed E-state index contributed by atoms with van der Waals surface area (Å²) in [6.07, 6.45) is 5.43. The second kappa shape index (κ2) is 5.68. The number of piperazine rings is 1. The molecule has 7 heteroatoms. The molecule has 2 aliphatic heterocycles. The van der Waals surface area contributed by atoms with E-state index in [1.165, 1.54) is 0 Å². The quantitative estimate of drug-likeness (QED) is 0.762. The predicted octanol–water partition coefficient (Wildman–Crippen LogP) is 2.83. The van der Waals surface area contributed by atoms with Crippen molar-refractivity contribution in [1.29, 1.82) is 0 Å². The molecule has 22 heavy (non-hydrogen) atoms. The van der Waals surface area contributed by atoms with Gasteiger partial charge in [-0.2, -0.15) is 0 Å². The van der Waals surface area contributed by atoms with Crippen molar-refractivity contribution in [3.05, 3.63) is 16.9 Å². The average Bonchev–Trinajstić information content (AvgIpc) is 2.68. The third-order valence-corrected chi connectivity index (χ3v) is 4.38. The number of rotatable bonds is 1. The van der Waals surface area contributed by atoms with Crippen LogP contribution in [0.4, 0.5) is 10.7 Å². The number of carbonyl (C=O) groups excluding carboxylic acids is 1. The van der Waals surface area contributed by atoms with Gasteiger partial charge in [-0.3, -0.25) is 0 Å². The van der Waals surface area contributed by atoms with Crippen molar-refractivity contribution in [1.82, 2.24) is 14.9 Å². The number of nitrogens with zero attached hydrogens (tertiary/aromatic N) is 4. The van der Waals surface area contributed by atoms with Gasteiger partial charge in [0.05, 0.1) is 16.6 Å². The van der Waals surface area contributed by atoms with Gasteiger partial charge in [-0.1, -0.05) is 0 Å². The summed E-state index contributed by atoms with van der Waals surface area (Å²) in [6, 6.07) is 0.542. The van der Waals surface area contributed by atoms with E-state index in [4.69, 9.17) is 4.74 Å². The maximum Gasteiger partial charge on any atom is 0.410 e. The topological polar surface area (TPSA) is 58.6 Å². The number of hydrogen-bond acceptors (Lipinski definition) is 5. The molecule has 0 spiro atoms. The third-order valence-electron chi connectivity index (χ3n) is 3.97. The standard InChI is InChI=1S/C15H21BrN4O2/c1-15(2,3)22-14(21)19-8-11-4-5-12(9-19)20(11)13-17-6-10(16)7-18-13/h6-7,11-12H,4-5,8-9H2,1-3H3. The van der Waals surface area contributed by atoms with E-state index in [1.54, 1.807) is 12.4 Å². The fourth-order valence-corrected chi connectivity index (χ4v) is 3.35. The molecule has 0 N–H and O–H groups in total. The number of fused-ring (bicyclic) bond motifs is 2. The van der Waals surface area contributed by atoms with Crippen molar-refractivity contribution >= 4 is 28.0 Å². The molecule has 3 rings (SSSR count). The fourth-order valence-electron chi connectivity index (χ4n) is 3.14. The third kappa shape index (κ3) is 3.19. The SMILES string of the molecule is CC(C)(C)OC(=O)N1CC2CCC(C1)N2c1ncc(Br)cn1. The lowest BCUT2D eigenvalue weighted by Gasteiger charge is -2.41. The van der Waals surface area contributed by atoms with E-state index in [2.05, 4.69) is 30.8 Å². The van der Waals surface area contributed by atoms with E-state index < -0.39 is 5.60 Å². The Morgan fingerprint density at radius 2 is 1.77 bits per heavy atom.